The van der Waals surface area contributed by atoms with Gasteiger partial charge in [0.15, 0.2) is 0 Å². The summed E-state index contributed by atoms with van der Waals surface area (Å²) in [7, 11) is 0. The van der Waals surface area contributed by atoms with Crippen LogP contribution in [0.1, 0.15) is 0 Å². The van der Waals surface area contributed by atoms with E-state index >= 15 is 0 Å². The van der Waals surface area contributed by atoms with Crippen molar-refractivity contribution < 1.29 is 14.4 Å². The van der Waals surface area contributed by atoms with Gasteiger partial charge in [-0.25, -0.2) is 4.79 Å². The van der Waals surface area contributed by atoms with Gasteiger partial charge in [0.2, 0.25) is 0 Å². The maximum atomic E-state index is 10.2. The zero-order valence-corrected chi connectivity index (χ0v) is 4.59. The van der Waals surface area contributed by atoms with Gasteiger partial charge in [-0.15, -0.1) is 0 Å². The van der Waals surface area contributed by atoms with Crippen molar-refractivity contribution in [2.24, 2.45) is 5.73 Å². The quantitative estimate of drug-likeness (QED) is 0.363. The zero-order chi connectivity index (χ0) is 7.28. The fraction of sp³-hybridized carbons (Fsp3) is 0. The highest BCUT2D eigenvalue weighted by molar-refractivity contribution is 5.86. The van der Waals surface area contributed by atoms with Crippen LogP contribution in [0.5, 0.6) is 0 Å². The maximum Gasteiger partial charge on any atom is 0.428 e. The highest BCUT2D eigenvalue weighted by atomic mass is 16.7. The van der Waals surface area contributed by atoms with Gasteiger partial charge in [0.05, 0.1) is 0 Å². The number of carbonyl (C=O) groups is 2. The lowest BCUT2D eigenvalue weighted by molar-refractivity contribution is -0.124. The Bertz CT molecular complexity index is 143. The van der Waals surface area contributed by atoms with E-state index < -0.39 is 12.0 Å². The molecule has 2 amide bonds. The number of nitrogens with two attached hydrogens (primary N) is 1. The smallest absolute Gasteiger partial charge is 0.333 e. The fourth-order valence-electron chi connectivity index (χ4n) is 0.142. The summed E-state index contributed by atoms with van der Waals surface area (Å²) in [6.45, 7) is 3.09. The third kappa shape index (κ3) is 4.33. The summed E-state index contributed by atoms with van der Waals surface area (Å²) in [6, 6.07) is 0. The van der Waals surface area contributed by atoms with Crippen LogP contribution in [0.2, 0.25) is 0 Å². The third-order valence-electron chi connectivity index (χ3n) is 0.438. The van der Waals surface area contributed by atoms with Crippen LogP contribution in [0.3, 0.4) is 0 Å². The molecule has 0 spiro atoms. The SMILES string of the molecule is C=CC(=O)NOC(N)=O. The van der Waals surface area contributed by atoms with Crippen LogP contribution in [0, 0.1) is 0 Å². The second-order valence-corrected chi connectivity index (χ2v) is 1.09. The van der Waals surface area contributed by atoms with Crippen LogP contribution >= 0.6 is 0 Å². The number of primary amides is 1. The van der Waals surface area contributed by atoms with Crippen LogP contribution in [0.15, 0.2) is 12.7 Å². The molecule has 0 rings (SSSR count). The molecule has 0 bridgehead atoms. The largest absolute Gasteiger partial charge is 0.428 e. The molecule has 0 unspecified atom stereocenters. The van der Waals surface area contributed by atoms with Gasteiger partial charge in [-0.2, -0.15) is 5.48 Å². The highest BCUT2D eigenvalue weighted by Crippen LogP contribution is 1.67. The number of hydrogen-bond acceptors (Lipinski definition) is 3. The predicted molar refractivity (Wildman–Crippen MR) is 29.0 cm³/mol. The number of nitrogens with one attached hydrogen (secondary N) is 1. The summed E-state index contributed by atoms with van der Waals surface area (Å²) in [5.41, 5.74) is 6.19. The van der Waals surface area contributed by atoms with Crippen molar-refractivity contribution >= 4 is 12.0 Å². The average Bonchev–Trinajstić information content (AvgIpc) is 1.83. The fourth-order valence-corrected chi connectivity index (χ4v) is 0.142. The molecule has 0 aromatic heterocycles. The molecule has 0 aliphatic heterocycles. The first kappa shape index (κ1) is 7.48. The second-order valence-electron chi connectivity index (χ2n) is 1.09. The molecule has 0 saturated heterocycles. The lowest BCUT2D eigenvalue weighted by Crippen LogP contribution is -2.28. The number of carbonyl (C=O) groups excluding carboxylic acids is 2. The van der Waals surface area contributed by atoms with Gasteiger partial charge < -0.3 is 10.6 Å². The third-order valence-corrected chi connectivity index (χ3v) is 0.438. The van der Waals surface area contributed by atoms with Gasteiger partial charge in [-0.05, 0) is 6.08 Å². The van der Waals surface area contributed by atoms with E-state index in [1.54, 1.807) is 5.48 Å². The summed E-state index contributed by atoms with van der Waals surface area (Å²) >= 11 is 0. The van der Waals surface area contributed by atoms with E-state index in [4.69, 9.17) is 0 Å². The van der Waals surface area contributed by atoms with E-state index in [2.05, 4.69) is 17.2 Å². The van der Waals surface area contributed by atoms with Crippen LogP contribution in [-0.4, -0.2) is 12.0 Å². The lowest BCUT2D eigenvalue weighted by Gasteiger charge is -1.96. The van der Waals surface area contributed by atoms with Crippen LogP contribution in [0.4, 0.5) is 4.79 Å². The Labute approximate surface area is 51.4 Å². The number of hydroxylamine groups is 1. The minimum atomic E-state index is -1.06. The summed E-state index contributed by atoms with van der Waals surface area (Å²) in [5, 5.41) is 0. The first-order valence-electron chi connectivity index (χ1n) is 2.05. The summed E-state index contributed by atoms with van der Waals surface area (Å²) in [6.07, 6.45) is -0.117. The number of amides is 2. The van der Waals surface area contributed by atoms with Crippen molar-refractivity contribution in [3.8, 4) is 0 Å². The predicted octanol–water partition coefficient (Wildman–Crippen LogP) is -0.701. The Morgan fingerprint density at radius 2 is 2.22 bits per heavy atom. The van der Waals surface area contributed by atoms with Gasteiger partial charge in [0.1, 0.15) is 0 Å². The molecule has 5 heteroatoms. The molecular formula is C4H6N2O3. The van der Waals surface area contributed by atoms with Crippen molar-refractivity contribution in [3.63, 3.8) is 0 Å². The van der Waals surface area contributed by atoms with Crippen molar-refractivity contribution in [1.29, 1.82) is 0 Å². The molecule has 0 fully saturated rings. The molecule has 0 aliphatic rings. The van der Waals surface area contributed by atoms with Gasteiger partial charge in [-0.1, -0.05) is 6.58 Å². The summed E-state index contributed by atoms with van der Waals surface area (Å²) < 4.78 is 0. The summed E-state index contributed by atoms with van der Waals surface area (Å²) in [4.78, 5) is 23.8. The molecular weight excluding hydrogens is 124 g/mol. The van der Waals surface area contributed by atoms with Gasteiger partial charge in [0.25, 0.3) is 5.91 Å². The van der Waals surface area contributed by atoms with E-state index in [1.165, 1.54) is 0 Å². The second kappa shape index (κ2) is 3.48. The van der Waals surface area contributed by atoms with E-state index in [0.29, 0.717) is 0 Å². The van der Waals surface area contributed by atoms with Crippen LogP contribution in [-0.2, 0) is 9.63 Å². The normalized spacial score (nSPS) is 7.56. The Morgan fingerprint density at radius 1 is 1.67 bits per heavy atom. The van der Waals surface area contributed by atoms with E-state index in [-0.39, 0.29) is 0 Å². The number of rotatable bonds is 1. The van der Waals surface area contributed by atoms with E-state index in [9.17, 15) is 9.59 Å². The first-order chi connectivity index (χ1) is 4.16. The topological polar surface area (TPSA) is 81.4 Å². The average molecular weight is 130 g/mol. The van der Waals surface area contributed by atoms with Crippen LogP contribution < -0.4 is 11.2 Å². The van der Waals surface area contributed by atoms with Gasteiger partial charge in [-0.3, -0.25) is 4.79 Å². The van der Waals surface area contributed by atoms with Crippen molar-refractivity contribution in [2.45, 2.75) is 0 Å². The first-order valence-corrected chi connectivity index (χ1v) is 2.05. The van der Waals surface area contributed by atoms with Crippen molar-refractivity contribution in [1.82, 2.24) is 5.48 Å². The molecule has 50 valence electrons. The molecule has 0 aromatic rings. The Morgan fingerprint density at radius 3 is 2.56 bits per heavy atom. The van der Waals surface area contributed by atoms with Crippen LogP contribution in [0.25, 0.3) is 0 Å². The molecule has 0 atom stereocenters. The van der Waals surface area contributed by atoms with E-state index in [1.807, 2.05) is 0 Å². The molecule has 0 heterocycles. The molecule has 3 N–H and O–H groups in total. The molecule has 9 heavy (non-hydrogen) atoms. The zero-order valence-electron chi connectivity index (χ0n) is 4.59. The van der Waals surface area contributed by atoms with E-state index in [0.717, 1.165) is 6.08 Å². The minimum absolute atomic E-state index is 0.617. The Hall–Kier alpha value is -1.52. The standard InChI is InChI=1S/C4H6N2O3/c1-2-3(7)6-9-4(5)8/h2H,1H2,(H2,5,8)(H,6,7). The van der Waals surface area contributed by atoms with Crippen molar-refractivity contribution in [2.75, 3.05) is 0 Å². The monoisotopic (exact) mass is 130 g/mol. The molecule has 0 saturated carbocycles. The molecule has 0 aliphatic carbocycles. The summed E-state index contributed by atoms with van der Waals surface area (Å²) in [5.74, 6) is -0.617. The number of hydrogen-bond donors (Lipinski definition) is 2. The molecule has 0 aromatic carbocycles. The van der Waals surface area contributed by atoms with Crippen molar-refractivity contribution in [3.05, 3.63) is 12.7 Å². The molecule has 0 radical (unpaired) electrons. The maximum absolute atomic E-state index is 10.2. The Kier molecular flexibility index (Phi) is 2.89. The molecule has 5 nitrogen and oxygen atoms in total. The van der Waals surface area contributed by atoms with Gasteiger partial charge >= 0.3 is 6.09 Å². The minimum Gasteiger partial charge on any atom is -0.333 e. The highest BCUT2D eigenvalue weighted by Gasteiger charge is 1.94. The Balaban J connectivity index is 3.39. The van der Waals surface area contributed by atoms with Gasteiger partial charge in [0, 0.05) is 0 Å². The lowest BCUT2D eigenvalue weighted by atomic mass is 10.6.